The van der Waals surface area contributed by atoms with E-state index >= 15 is 0 Å². The van der Waals surface area contributed by atoms with Crippen molar-refractivity contribution in [2.45, 2.75) is 31.4 Å². The Bertz CT molecular complexity index is 368. The van der Waals surface area contributed by atoms with Gasteiger partial charge in [-0.05, 0) is 30.6 Å². The van der Waals surface area contributed by atoms with E-state index in [1.165, 1.54) is 20.0 Å². The first kappa shape index (κ1) is 12.2. The summed E-state index contributed by atoms with van der Waals surface area (Å²) in [6.45, 7) is 1.53. The van der Waals surface area contributed by atoms with Crippen LogP contribution in [0.25, 0.3) is 0 Å². The van der Waals surface area contributed by atoms with Crippen LogP contribution in [0.4, 0.5) is 0 Å². The van der Waals surface area contributed by atoms with Gasteiger partial charge in [-0.15, -0.1) is 0 Å². The number of hydrogen-bond acceptors (Lipinski definition) is 4. The van der Waals surface area contributed by atoms with Crippen molar-refractivity contribution in [2.75, 3.05) is 20.2 Å². The summed E-state index contributed by atoms with van der Waals surface area (Å²) in [6.07, 6.45) is 7.31. The van der Waals surface area contributed by atoms with Crippen molar-refractivity contribution < 1.29 is 14.6 Å². The molecule has 2 fully saturated rings. The molecule has 0 aromatic rings. The first-order valence-electron chi connectivity index (χ1n) is 6.85. The van der Waals surface area contributed by atoms with Crippen molar-refractivity contribution in [1.82, 2.24) is 4.90 Å². The molecular formula is C14H21NO3. The van der Waals surface area contributed by atoms with Gasteiger partial charge < -0.3 is 9.84 Å². The molecule has 4 heteroatoms. The van der Waals surface area contributed by atoms with Crippen LogP contribution < -0.4 is 0 Å². The zero-order chi connectivity index (χ0) is 12.7. The third-order valence-corrected chi connectivity index (χ3v) is 4.74. The van der Waals surface area contributed by atoms with Crippen molar-refractivity contribution in [2.24, 2.45) is 17.8 Å². The molecule has 1 saturated carbocycles. The molecule has 0 unspecified atom stereocenters. The Kier molecular flexibility index (Phi) is 3.16. The molecular weight excluding hydrogens is 230 g/mol. The maximum Gasteiger partial charge on any atom is 0.323 e. The number of nitrogens with zero attached hydrogens (tertiary/aromatic N) is 1. The first-order valence-corrected chi connectivity index (χ1v) is 6.85. The van der Waals surface area contributed by atoms with Crippen LogP contribution in [-0.4, -0.2) is 48.3 Å². The number of methoxy groups -OCH3 is 1. The van der Waals surface area contributed by atoms with Crippen LogP contribution >= 0.6 is 0 Å². The predicted molar refractivity (Wildman–Crippen MR) is 66.8 cm³/mol. The van der Waals surface area contributed by atoms with Gasteiger partial charge in [-0.2, -0.15) is 0 Å². The summed E-state index contributed by atoms with van der Waals surface area (Å²) in [5.74, 6) is 1.89. The number of ether oxygens (including phenoxy) is 1. The fourth-order valence-electron chi connectivity index (χ4n) is 3.87. The molecule has 5 atom stereocenters. The molecule has 0 aromatic carbocycles. The lowest BCUT2D eigenvalue weighted by molar-refractivity contribution is -0.146. The highest BCUT2D eigenvalue weighted by Gasteiger charge is 2.42. The van der Waals surface area contributed by atoms with E-state index in [1.54, 1.807) is 0 Å². The van der Waals surface area contributed by atoms with Crippen LogP contribution in [0, 0.1) is 17.8 Å². The molecule has 0 aromatic heterocycles. The quantitative estimate of drug-likeness (QED) is 0.595. The van der Waals surface area contributed by atoms with Crippen LogP contribution in [0.15, 0.2) is 12.2 Å². The number of esters is 1. The molecule has 3 aliphatic rings. The molecule has 1 aliphatic heterocycles. The number of hydrogen-bond donors (Lipinski definition) is 1. The highest BCUT2D eigenvalue weighted by atomic mass is 16.5. The minimum atomic E-state index is -0.386. The largest absolute Gasteiger partial charge is 0.468 e. The highest BCUT2D eigenvalue weighted by molar-refractivity contribution is 5.76. The molecule has 0 spiro atoms. The molecule has 100 valence electrons. The second-order valence-electron chi connectivity index (χ2n) is 5.92. The van der Waals surface area contributed by atoms with E-state index in [9.17, 15) is 9.90 Å². The van der Waals surface area contributed by atoms with Gasteiger partial charge in [-0.25, -0.2) is 0 Å². The molecule has 1 heterocycles. The summed E-state index contributed by atoms with van der Waals surface area (Å²) >= 11 is 0. The zero-order valence-corrected chi connectivity index (χ0v) is 10.8. The standard InChI is InChI=1S/C14H21NO3/c1-18-14(17)13-6-12(16)8-15(13)7-11-5-9-2-3-10(11)4-9/h2-3,9-13,16H,4-8H2,1H3/t9-,10-,11+,12-,13-/m0/s1. The maximum absolute atomic E-state index is 11.7. The summed E-state index contributed by atoms with van der Waals surface area (Å²) in [7, 11) is 1.42. The third-order valence-electron chi connectivity index (χ3n) is 4.74. The average Bonchev–Trinajstić information content (AvgIpc) is 3.04. The van der Waals surface area contributed by atoms with Crippen molar-refractivity contribution in [1.29, 1.82) is 0 Å². The Hall–Kier alpha value is -0.870. The molecule has 0 radical (unpaired) electrons. The van der Waals surface area contributed by atoms with Crippen LogP contribution in [-0.2, 0) is 9.53 Å². The summed E-state index contributed by atoms with van der Waals surface area (Å²) in [5, 5.41) is 9.76. The lowest BCUT2D eigenvalue weighted by Gasteiger charge is -2.28. The number of β-amino-alcohol motifs (C(OH)–C–C–N with tert-alkyl or cyclic N) is 1. The molecule has 2 bridgehead atoms. The molecule has 1 N–H and O–H groups in total. The molecule has 0 amide bonds. The van der Waals surface area contributed by atoms with Gasteiger partial charge in [0.2, 0.25) is 0 Å². The molecule has 3 rings (SSSR count). The Morgan fingerprint density at radius 3 is 2.83 bits per heavy atom. The number of likely N-dealkylation sites (tertiary alicyclic amines) is 1. The van der Waals surface area contributed by atoms with Gasteiger partial charge >= 0.3 is 5.97 Å². The fraction of sp³-hybridized carbons (Fsp3) is 0.786. The normalized spacial score (nSPS) is 42.7. The fourth-order valence-corrected chi connectivity index (χ4v) is 3.87. The third kappa shape index (κ3) is 2.08. The van der Waals surface area contributed by atoms with E-state index in [2.05, 4.69) is 17.1 Å². The first-order chi connectivity index (χ1) is 8.67. The van der Waals surface area contributed by atoms with Gasteiger partial charge in [0.25, 0.3) is 0 Å². The number of rotatable bonds is 3. The molecule has 18 heavy (non-hydrogen) atoms. The highest BCUT2D eigenvalue weighted by Crippen LogP contribution is 2.44. The Labute approximate surface area is 108 Å². The summed E-state index contributed by atoms with van der Waals surface area (Å²) in [6, 6.07) is -0.242. The van der Waals surface area contributed by atoms with E-state index in [0.717, 1.165) is 12.5 Å². The van der Waals surface area contributed by atoms with Gasteiger partial charge in [-0.3, -0.25) is 9.69 Å². The van der Waals surface area contributed by atoms with Crippen molar-refractivity contribution >= 4 is 5.97 Å². The topological polar surface area (TPSA) is 49.8 Å². The SMILES string of the molecule is COC(=O)[C@@H]1C[C@H](O)CN1C[C@H]1C[C@H]2C=C[C@H]1C2. The second-order valence-corrected chi connectivity index (χ2v) is 5.92. The van der Waals surface area contributed by atoms with Gasteiger partial charge in [0, 0.05) is 19.5 Å². The number of aliphatic hydroxyl groups excluding tert-OH is 1. The van der Waals surface area contributed by atoms with Crippen LogP contribution in [0.5, 0.6) is 0 Å². The van der Waals surface area contributed by atoms with E-state index < -0.39 is 0 Å². The Morgan fingerprint density at radius 2 is 2.22 bits per heavy atom. The molecule has 4 nitrogen and oxygen atoms in total. The lowest BCUT2D eigenvalue weighted by Crippen LogP contribution is -2.40. The van der Waals surface area contributed by atoms with Crippen molar-refractivity contribution in [3.8, 4) is 0 Å². The average molecular weight is 251 g/mol. The minimum Gasteiger partial charge on any atom is -0.468 e. The van der Waals surface area contributed by atoms with Gasteiger partial charge in [0.1, 0.15) is 6.04 Å². The smallest absolute Gasteiger partial charge is 0.323 e. The number of carbonyl (C=O) groups is 1. The van der Waals surface area contributed by atoms with Crippen LogP contribution in [0.2, 0.25) is 0 Å². The molecule has 2 aliphatic carbocycles. The predicted octanol–water partition coefficient (Wildman–Crippen LogP) is 0.807. The monoisotopic (exact) mass is 251 g/mol. The Balaban J connectivity index is 1.64. The van der Waals surface area contributed by atoms with E-state index in [0.29, 0.717) is 24.8 Å². The number of carbonyl (C=O) groups excluding carboxylic acids is 1. The summed E-state index contributed by atoms with van der Waals surface area (Å²) in [5.41, 5.74) is 0. The number of fused-ring (bicyclic) bond motifs is 2. The second kappa shape index (κ2) is 4.67. The Morgan fingerprint density at radius 1 is 1.39 bits per heavy atom. The minimum absolute atomic E-state index is 0.203. The lowest BCUT2D eigenvalue weighted by atomic mass is 9.93. The van der Waals surface area contributed by atoms with Crippen molar-refractivity contribution in [3.05, 3.63) is 12.2 Å². The summed E-state index contributed by atoms with van der Waals surface area (Å²) < 4.78 is 4.83. The van der Waals surface area contributed by atoms with Gasteiger partial charge in [0.15, 0.2) is 0 Å². The van der Waals surface area contributed by atoms with Gasteiger partial charge in [-0.1, -0.05) is 12.2 Å². The maximum atomic E-state index is 11.7. The number of aliphatic hydroxyl groups is 1. The van der Waals surface area contributed by atoms with E-state index in [-0.39, 0.29) is 18.1 Å². The zero-order valence-electron chi connectivity index (χ0n) is 10.8. The van der Waals surface area contributed by atoms with Crippen LogP contribution in [0.1, 0.15) is 19.3 Å². The van der Waals surface area contributed by atoms with Gasteiger partial charge in [0.05, 0.1) is 13.2 Å². The number of allylic oxidation sites excluding steroid dienone is 2. The molecule has 1 saturated heterocycles. The van der Waals surface area contributed by atoms with E-state index in [4.69, 9.17) is 4.74 Å². The summed E-state index contributed by atoms with van der Waals surface area (Å²) in [4.78, 5) is 13.8. The van der Waals surface area contributed by atoms with Crippen LogP contribution in [0.3, 0.4) is 0 Å². The van der Waals surface area contributed by atoms with E-state index in [1.807, 2.05) is 0 Å². The van der Waals surface area contributed by atoms with Crippen molar-refractivity contribution in [3.63, 3.8) is 0 Å².